The number of benzene rings is 3. The van der Waals surface area contributed by atoms with Gasteiger partial charge in [0.1, 0.15) is 6.04 Å². The van der Waals surface area contributed by atoms with Crippen molar-refractivity contribution < 1.29 is 19.3 Å². The number of non-ortho nitro benzene ring substituents is 1. The molecule has 2 fully saturated rings. The third-order valence-electron chi connectivity index (χ3n) is 7.22. The summed E-state index contributed by atoms with van der Waals surface area (Å²) in [5, 5.41) is 11.8. The van der Waals surface area contributed by atoms with Gasteiger partial charge in [0.05, 0.1) is 33.5 Å². The highest BCUT2D eigenvalue weighted by Gasteiger charge is 2.64. The van der Waals surface area contributed by atoms with E-state index in [2.05, 4.69) is 0 Å². The largest absolute Gasteiger partial charge is 0.358 e. The van der Waals surface area contributed by atoms with Crippen molar-refractivity contribution in [2.24, 2.45) is 11.8 Å². The lowest BCUT2D eigenvalue weighted by Crippen LogP contribution is -2.44. The molecule has 10 heteroatoms. The van der Waals surface area contributed by atoms with Crippen LogP contribution in [0.5, 0.6) is 0 Å². The van der Waals surface area contributed by atoms with Crippen LogP contribution in [0.1, 0.15) is 27.5 Å². The first-order valence-electron chi connectivity index (χ1n) is 11.4. The third kappa shape index (κ3) is 3.48. The molecule has 1 unspecified atom stereocenters. The van der Waals surface area contributed by atoms with Gasteiger partial charge in [-0.3, -0.25) is 24.5 Å². The molecule has 0 aliphatic carbocycles. The van der Waals surface area contributed by atoms with Crippen molar-refractivity contribution in [1.29, 1.82) is 0 Å². The number of imide groups is 1. The highest BCUT2D eigenvalue weighted by atomic mass is 35.5. The van der Waals surface area contributed by atoms with Gasteiger partial charge in [-0.15, -0.1) is 0 Å². The van der Waals surface area contributed by atoms with E-state index in [1.54, 1.807) is 11.1 Å². The Morgan fingerprint density at radius 1 is 0.919 bits per heavy atom. The van der Waals surface area contributed by atoms with E-state index in [0.29, 0.717) is 5.02 Å². The highest BCUT2D eigenvalue weighted by Crippen LogP contribution is 2.54. The third-order valence-corrected chi connectivity index (χ3v) is 7.76. The fraction of sp³-hybridized carbons (Fsp3) is 0.148. The second kappa shape index (κ2) is 8.54. The first-order chi connectivity index (χ1) is 17.8. The van der Waals surface area contributed by atoms with Crippen molar-refractivity contribution in [2.75, 3.05) is 4.90 Å². The molecule has 3 aromatic rings. The number of nitro groups is 1. The molecule has 4 atom stereocenters. The topological polar surface area (TPSA) is 101 Å². The van der Waals surface area contributed by atoms with E-state index in [-0.39, 0.29) is 22.0 Å². The second-order valence-corrected chi connectivity index (χ2v) is 9.96. The van der Waals surface area contributed by atoms with Crippen molar-refractivity contribution in [3.63, 3.8) is 0 Å². The number of hydrogen-bond acceptors (Lipinski definition) is 6. The molecular weight excluding hydrogens is 517 g/mol. The Hall–Kier alpha value is -4.01. The molecule has 0 spiro atoms. The van der Waals surface area contributed by atoms with Crippen LogP contribution in [0.2, 0.25) is 10.0 Å². The van der Waals surface area contributed by atoms with Gasteiger partial charge in [0.15, 0.2) is 5.78 Å². The summed E-state index contributed by atoms with van der Waals surface area (Å²) >= 11 is 12.4. The molecule has 6 rings (SSSR count). The molecule has 0 radical (unpaired) electrons. The summed E-state index contributed by atoms with van der Waals surface area (Å²) in [6, 6.07) is 15.8. The number of nitrogens with zero attached hydrogens (tertiary/aromatic N) is 3. The van der Waals surface area contributed by atoms with E-state index in [4.69, 9.17) is 23.2 Å². The predicted molar refractivity (Wildman–Crippen MR) is 137 cm³/mol. The molecule has 0 saturated carbocycles. The Morgan fingerprint density at radius 2 is 1.68 bits per heavy atom. The molecule has 3 aromatic carbocycles. The number of ketones is 1. The number of carbonyl (C=O) groups excluding carboxylic acids is 3. The van der Waals surface area contributed by atoms with Crippen molar-refractivity contribution in [1.82, 2.24) is 4.90 Å². The van der Waals surface area contributed by atoms with E-state index in [1.165, 1.54) is 42.5 Å². The quantitative estimate of drug-likeness (QED) is 0.195. The summed E-state index contributed by atoms with van der Waals surface area (Å²) in [5.41, 5.74) is 1.76. The zero-order valence-corrected chi connectivity index (χ0v) is 20.5. The smallest absolute Gasteiger partial charge is 0.270 e. The van der Waals surface area contributed by atoms with Gasteiger partial charge in [-0.2, -0.15) is 0 Å². The van der Waals surface area contributed by atoms with E-state index in [1.807, 2.05) is 30.3 Å². The summed E-state index contributed by atoms with van der Waals surface area (Å²) in [6.07, 6.45) is 3.56. The molecule has 0 N–H and O–H groups in total. The maximum absolute atomic E-state index is 13.9. The van der Waals surface area contributed by atoms with Crippen LogP contribution in [0, 0.1) is 22.0 Å². The van der Waals surface area contributed by atoms with Gasteiger partial charge in [-0.05, 0) is 35.4 Å². The van der Waals surface area contributed by atoms with Crippen LogP contribution >= 0.6 is 23.2 Å². The Morgan fingerprint density at radius 3 is 2.43 bits per heavy atom. The monoisotopic (exact) mass is 533 g/mol. The van der Waals surface area contributed by atoms with Gasteiger partial charge in [0, 0.05) is 28.9 Å². The van der Waals surface area contributed by atoms with Crippen LogP contribution in [0.3, 0.4) is 0 Å². The second-order valence-electron chi connectivity index (χ2n) is 9.11. The van der Waals surface area contributed by atoms with Crippen LogP contribution in [0.15, 0.2) is 72.9 Å². The maximum atomic E-state index is 13.9. The molecule has 2 saturated heterocycles. The van der Waals surface area contributed by atoms with Crippen molar-refractivity contribution >= 4 is 58.3 Å². The average Bonchev–Trinajstić information content (AvgIpc) is 3.36. The Bertz CT molecular complexity index is 1550. The minimum Gasteiger partial charge on any atom is -0.358 e. The van der Waals surface area contributed by atoms with E-state index in [9.17, 15) is 24.5 Å². The van der Waals surface area contributed by atoms with Crippen molar-refractivity contribution in [3.8, 4) is 0 Å². The van der Waals surface area contributed by atoms with E-state index < -0.39 is 46.4 Å². The summed E-state index contributed by atoms with van der Waals surface area (Å²) < 4.78 is 0. The van der Waals surface area contributed by atoms with Crippen LogP contribution in [-0.2, 0) is 9.59 Å². The fourth-order valence-corrected chi connectivity index (χ4v) is 6.19. The molecular formula is C27H17Cl2N3O5. The number of anilines is 1. The number of amides is 2. The minimum atomic E-state index is -1.05. The standard InChI is InChI=1S/C27H17Cl2N3O5/c28-16-8-9-20(19(29)13-16)31-26(34)21-22(27(31)35)24(25(33)15-5-3-6-17(12-15)32(36)37)30-11-10-14-4-1-2-7-18(14)23(21)30/h1-13,21-24H/t21-,22+,23?,24-/m0/s1. The van der Waals surface area contributed by atoms with Crippen LogP contribution in [0.25, 0.3) is 6.08 Å². The number of fused-ring (bicyclic) bond motifs is 5. The number of rotatable bonds is 4. The zero-order valence-electron chi connectivity index (χ0n) is 19.0. The maximum Gasteiger partial charge on any atom is 0.270 e. The van der Waals surface area contributed by atoms with Gasteiger partial charge in [0.2, 0.25) is 11.8 Å². The number of Topliss-reactive ketones (excluding diaryl/α,β-unsaturated/α-hetero) is 1. The Kier molecular flexibility index (Phi) is 5.40. The lowest BCUT2D eigenvalue weighted by atomic mass is 9.83. The van der Waals surface area contributed by atoms with Crippen LogP contribution in [-0.4, -0.2) is 33.5 Å². The summed E-state index contributed by atoms with van der Waals surface area (Å²) in [6.45, 7) is 0. The first kappa shape index (κ1) is 23.4. The molecule has 3 aliphatic heterocycles. The summed E-state index contributed by atoms with van der Waals surface area (Å²) in [5.74, 6) is -3.38. The molecule has 0 aromatic heterocycles. The highest BCUT2D eigenvalue weighted by molar-refractivity contribution is 6.38. The van der Waals surface area contributed by atoms with Gasteiger partial charge in [-0.25, -0.2) is 4.90 Å². The van der Waals surface area contributed by atoms with Gasteiger partial charge < -0.3 is 4.90 Å². The SMILES string of the molecule is O=C(c1cccc([N+](=O)[O-])c1)[C@@H]1[C@@H]2C(=O)N(c3ccc(Cl)cc3Cl)C(=O)[C@@H]2C2c3ccccc3C=CN21. The van der Waals surface area contributed by atoms with Crippen molar-refractivity contribution in [3.05, 3.63) is 110 Å². The normalized spacial score (nSPS) is 23.6. The van der Waals surface area contributed by atoms with Crippen molar-refractivity contribution in [2.45, 2.75) is 12.1 Å². The number of hydrogen-bond donors (Lipinski definition) is 0. The fourth-order valence-electron chi connectivity index (χ4n) is 5.70. The number of halogens is 2. The molecule has 184 valence electrons. The summed E-state index contributed by atoms with van der Waals surface area (Å²) in [4.78, 5) is 55.3. The average molecular weight is 534 g/mol. The molecule has 3 heterocycles. The minimum absolute atomic E-state index is 0.0917. The molecule has 0 bridgehead atoms. The van der Waals surface area contributed by atoms with Gasteiger partial charge in [0.25, 0.3) is 5.69 Å². The van der Waals surface area contributed by atoms with Crippen LogP contribution in [0.4, 0.5) is 11.4 Å². The molecule has 8 nitrogen and oxygen atoms in total. The Balaban J connectivity index is 1.50. The van der Waals surface area contributed by atoms with Crippen LogP contribution < -0.4 is 4.90 Å². The predicted octanol–water partition coefficient (Wildman–Crippen LogP) is 5.30. The molecule has 3 aliphatic rings. The zero-order chi connectivity index (χ0) is 26.0. The lowest BCUT2D eigenvalue weighted by molar-refractivity contribution is -0.384. The number of carbonyl (C=O) groups is 3. The van der Waals surface area contributed by atoms with Gasteiger partial charge >= 0.3 is 0 Å². The van der Waals surface area contributed by atoms with Gasteiger partial charge in [-0.1, -0.05) is 59.6 Å². The van der Waals surface area contributed by atoms with E-state index >= 15 is 0 Å². The first-order valence-corrected chi connectivity index (χ1v) is 12.2. The number of nitro benzene ring substituents is 1. The molecule has 37 heavy (non-hydrogen) atoms. The Labute approximate surface area is 220 Å². The molecule has 2 amide bonds. The van der Waals surface area contributed by atoms with E-state index in [0.717, 1.165) is 16.0 Å². The lowest BCUT2D eigenvalue weighted by Gasteiger charge is -2.35. The summed E-state index contributed by atoms with van der Waals surface area (Å²) in [7, 11) is 0.